The van der Waals surface area contributed by atoms with E-state index in [0.717, 1.165) is 17.8 Å². The molecule has 4 aliphatic carbocycles. The van der Waals surface area contributed by atoms with Crippen LogP contribution >= 0.6 is 0 Å². The van der Waals surface area contributed by atoms with Gasteiger partial charge in [-0.05, 0) is 75.5 Å². The van der Waals surface area contributed by atoms with Crippen molar-refractivity contribution in [3.63, 3.8) is 0 Å². The van der Waals surface area contributed by atoms with E-state index in [2.05, 4.69) is 17.6 Å². The highest BCUT2D eigenvalue weighted by atomic mass is 16.5. The summed E-state index contributed by atoms with van der Waals surface area (Å²) in [5, 5.41) is 5.72. The maximum absolute atomic E-state index is 12.4. The number of amides is 2. The van der Waals surface area contributed by atoms with Gasteiger partial charge in [0.2, 0.25) is 5.91 Å². The first-order valence-corrected chi connectivity index (χ1v) is 10.8. The van der Waals surface area contributed by atoms with Gasteiger partial charge in [0, 0.05) is 11.5 Å². The van der Waals surface area contributed by atoms with Crippen LogP contribution in [0.1, 0.15) is 73.1 Å². The first kappa shape index (κ1) is 21.1. The van der Waals surface area contributed by atoms with Crippen LogP contribution < -0.4 is 10.6 Å². The Labute approximate surface area is 168 Å². The van der Waals surface area contributed by atoms with Crippen LogP contribution in [0.15, 0.2) is 0 Å². The Bertz CT molecular complexity index is 602. The molecule has 2 unspecified atom stereocenters. The van der Waals surface area contributed by atoms with Gasteiger partial charge in [-0.1, -0.05) is 20.8 Å². The minimum Gasteiger partial charge on any atom is -0.454 e. The fourth-order valence-corrected chi connectivity index (χ4v) is 5.88. The number of hydrogen-bond acceptors (Lipinski definition) is 4. The Balaban J connectivity index is 1.45. The molecule has 28 heavy (non-hydrogen) atoms. The molecule has 4 aliphatic rings. The lowest BCUT2D eigenvalue weighted by molar-refractivity contribution is -0.152. The van der Waals surface area contributed by atoms with Crippen molar-refractivity contribution in [3.8, 4) is 0 Å². The molecule has 2 N–H and O–H groups in total. The molecule has 0 radical (unpaired) electrons. The van der Waals surface area contributed by atoms with Crippen LogP contribution in [0.5, 0.6) is 0 Å². The summed E-state index contributed by atoms with van der Waals surface area (Å²) in [5.41, 5.74) is -0.360. The number of carbonyl (C=O) groups is 3. The molecule has 4 rings (SSSR count). The smallest absolute Gasteiger partial charge is 0.328 e. The zero-order valence-corrected chi connectivity index (χ0v) is 18.0. The van der Waals surface area contributed by atoms with Crippen molar-refractivity contribution in [2.75, 3.05) is 6.61 Å². The third kappa shape index (κ3) is 4.52. The summed E-state index contributed by atoms with van der Waals surface area (Å²) in [6.07, 6.45) is 7.77. The number of ether oxygens (including phenoxy) is 1. The average molecular weight is 393 g/mol. The van der Waals surface area contributed by atoms with Gasteiger partial charge in [-0.15, -0.1) is 0 Å². The standard InChI is InChI=1S/C22H36N2O4/c1-13(23-20(27)21(3,4)5)19(26)28-12-18(25)24-14(2)22-9-15-6-16(10-22)8-17(7-15)11-22/h13-17H,6-12H2,1-5H3,(H,23,27)(H,24,25). The maximum atomic E-state index is 12.4. The van der Waals surface area contributed by atoms with Gasteiger partial charge >= 0.3 is 5.97 Å². The van der Waals surface area contributed by atoms with Gasteiger partial charge in [-0.25, -0.2) is 4.79 Å². The Morgan fingerprint density at radius 2 is 1.46 bits per heavy atom. The monoisotopic (exact) mass is 392 g/mol. The minimum absolute atomic E-state index is 0.102. The second-order valence-electron chi connectivity index (χ2n) is 10.6. The lowest BCUT2D eigenvalue weighted by atomic mass is 9.48. The Morgan fingerprint density at radius 3 is 1.93 bits per heavy atom. The van der Waals surface area contributed by atoms with Crippen LogP contribution in [0.2, 0.25) is 0 Å². The van der Waals surface area contributed by atoms with Crippen molar-refractivity contribution in [1.82, 2.24) is 10.6 Å². The van der Waals surface area contributed by atoms with Crippen molar-refractivity contribution in [2.45, 2.75) is 85.2 Å². The summed E-state index contributed by atoms with van der Waals surface area (Å²) in [4.78, 5) is 36.5. The third-order valence-electron chi connectivity index (χ3n) is 7.11. The Morgan fingerprint density at radius 1 is 0.964 bits per heavy atom. The van der Waals surface area contributed by atoms with E-state index in [0.29, 0.717) is 0 Å². The normalized spacial score (nSPS) is 33.1. The zero-order chi connectivity index (χ0) is 20.7. The van der Waals surface area contributed by atoms with Crippen LogP contribution in [0.25, 0.3) is 0 Å². The fourth-order valence-electron chi connectivity index (χ4n) is 5.88. The molecule has 158 valence electrons. The summed E-state index contributed by atoms with van der Waals surface area (Å²) in [7, 11) is 0. The second-order valence-corrected chi connectivity index (χ2v) is 10.6. The van der Waals surface area contributed by atoms with Crippen LogP contribution in [0, 0.1) is 28.6 Å². The molecule has 6 nitrogen and oxygen atoms in total. The summed E-state index contributed by atoms with van der Waals surface area (Å²) in [5.74, 6) is 1.42. The van der Waals surface area contributed by atoms with Gasteiger partial charge < -0.3 is 15.4 Å². The van der Waals surface area contributed by atoms with E-state index in [-0.39, 0.29) is 29.9 Å². The zero-order valence-electron chi connectivity index (χ0n) is 18.0. The molecular formula is C22H36N2O4. The van der Waals surface area contributed by atoms with Gasteiger partial charge in [0.15, 0.2) is 6.61 Å². The molecule has 6 heteroatoms. The van der Waals surface area contributed by atoms with Crippen LogP contribution in [-0.2, 0) is 19.1 Å². The second kappa shape index (κ2) is 7.68. The van der Waals surface area contributed by atoms with E-state index in [4.69, 9.17) is 4.74 Å². The lowest BCUT2D eigenvalue weighted by Crippen LogP contribution is -2.56. The number of esters is 1. The molecule has 0 spiro atoms. The third-order valence-corrected chi connectivity index (χ3v) is 7.11. The van der Waals surface area contributed by atoms with E-state index in [9.17, 15) is 14.4 Å². The number of carbonyl (C=O) groups excluding carboxylic acids is 3. The summed E-state index contributed by atoms with van der Waals surface area (Å²) in [6, 6.07) is -0.676. The molecule has 0 saturated heterocycles. The van der Waals surface area contributed by atoms with E-state index >= 15 is 0 Å². The number of rotatable bonds is 6. The Kier molecular flexibility index (Phi) is 5.79. The van der Waals surface area contributed by atoms with Crippen molar-refractivity contribution >= 4 is 17.8 Å². The lowest BCUT2D eigenvalue weighted by Gasteiger charge is -2.59. The molecule has 2 atom stereocenters. The molecule has 4 bridgehead atoms. The highest BCUT2D eigenvalue weighted by Gasteiger charge is 2.53. The predicted octanol–water partition coefficient (Wildman–Crippen LogP) is 2.80. The highest BCUT2D eigenvalue weighted by Crippen LogP contribution is 2.61. The quantitative estimate of drug-likeness (QED) is 0.681. The number of nitrogens with one attached hydrogen (secondary N) is 2. The van der Waals surface area contributed by atoms with E-state index < -0.39 is 17.4 Å². The van der Waals surface area contributed by atoms with E-state index in [1.54, 1.807) is 27.7 Å². The topological polar surface area (TPSA) is 84.5 Å². The van der Waals surface area contributed by atoms with Crippen molar-refractivity contribution in [2.24, 2.45) is 28.6 Å². The average Bonchev–Trinajstić information content (AvgIpc) is 2.57. The van der Waals surface area contributed by atoms with Crippen LogP contribution in [0.3, 0.4) is 0 Å². The van der Waals surface area contributed by atoms with Crippen molar-refractivity contribution in [3.05, 3.63) is 0 Å². The van der Waals surface area contributed by atoms with Gasteiger partial charge in [0.05, 0.1) is 0 Å². The molecule has 2 amide bonds. The molecule has 0 aliphatic heterocycles. The van der Waals surface area contributed by atoms with Gasteiger partial charge in [-0.3, -0.25) is 9.59 Å². The number of hydrogen-bond donors (Lipinski definition) is 2. The summed E-state index contributed by atoms with van der Waals surface area (Å²) >= 11 is 0. The molecule has 0 heterocycles. The van der Waals surface area contributed by atoms with E-state index in [1.807, 2.05) is 0 Å². The molecule has 0 aromatic carbocycles. The van der Waals surface area contributed by atoms with Gasteiger partial charge in [-0.2, -0.15) is 0 Å². The Hall–Kier alpha value is -1.59. The summed E-state index contributed by atoms with van der Waals surface area (Å²) in [6.45, 7) is 8.71. The maximum Gasteiger partial charge on any atom is 0.328 e. The molecule has 0 aromatic rings. The van der Waals surface area contributed by atoms with Gasteiger partial charge in [0.25, 0.3) is 5.91 Å². The largest absolute Gasteiger partial charge is 0.454 e. The molecule has 0 aromatic heterocycles. The molecule has 4 fully saturated rings. The predicted molar refractivity (Wildman–Crippen MR) is 106 cm³/mol. The molecular weight excluding hydrogens is 356 g/mol. The minimum atomic E-state index is -0.778. The van der Waals surface area contributed by atoms with Crippen LogP contribution in [-0.4, -0.2) is 36.5 Å². The fraction of sp³-hybridized carbons (Fsp3) is 0.864. The van der Waals surface area contributed by atoms with E-state index in [1.165, 1.54) is 38.5 Å². The van der Waals surface area contributed by atoms with Gasteiger partial charge in [0.1, 0.15) is 6.04 Å². The molecule has 4 saturated carbocycles. The van der Waals surface area contributed by atoms with Crippen molar-refractivity contribution in [1.29, 1.82) is 0 Å². The first-order valence-electron chi connectivity index (χ1n) is 10.8. The first-order chi connectivity index (χ1) is 13.0. The van der Waals surface area contributed by atoms with Crippen molar-refractivity contribution < 1.29 is 19.1 Å². The highest BCUT2D eigenvalue weighted by molar-refractivity contribution is 5.88. The summed E-state index contributed by atoms with van der Waals surface area (Å²) < 4.78 is 5.13. The SMILES string of the molecule is CC(NC(=O)C(C)(C)C)C(=O)OCC(=O)NC(C)C12CC3CC(CC(C3)C1)C2. The van der Waals surface area contributed by atoms with Crippen LogP contribution in [0.4, 0.5) is 0 Å².